The Morgan fingerprint density at radius 1 is 0.966 bits per heavy atom. The van der Waals surface area contributed by atoms with Crippen LogP contribution in [-0.4, -0.2) is 114 Å². The number of carbonyl (C=O) groups is 6. The van der Waals surface area contributed by atoms with Crippen LogP contribution >= 0.6 is 0 Å². The third-order valence-electron chi connectivity index (χ3n) is 12.0. The van der Waals surface area contributed by atoms with E-state index in [0.717, 1.165) is 43.2 Å². The zero-order chi connectivity index (χ0) is 43.3. The molecule has 59 heavy (non-hydrogen) atoms. The monoisotopic (exact) mass is 840 g/mol. The average Bonchev–Trinajstić information content (AvgIpc) is 3.89. The number of urea groups is 1. The highest BCUT2D eigenvalue weighted by atomic mass is 32.2. The van der Waals surface area contributed by atoms with E-state index in [-0.39, 0.29) is 37.6 Å². The van der Waals surface area contributed by atoms with Gasteiger partial charge in [-0.15, -0.1) is 6.58 Å². The van der Waals surface area contributed by atoms with Crippen molar-refractivity contribution in [3.63, 3.8) is 0 Å². The van der Waals surface area contributed by atoms with Crippen LogP contribution in [0.25, 0.3) is 0 Å². The molecule has 2 unspecified atom stereocenters. The highest BCUT2D eigenvalue weighted by Gasteiger charge is 2.49. The molecule has 4 aliphatic rings. The molecule has 3 fully saturated rings. The van der Waals surface area contributed by atoms with Gasteiger partial charge < -0.3 is 35.8 Å². The van der Waals surface area contributed by atoms with E-state index >= 15 is 0 Å². The molecule has 2 aliphatic heterocycles. The number of ether oxygens (including phenoxy) is 1. The van der Waals surface area contributed by atoms with Gasteiger partial charge in [0.05, 0.1) is 28.6 Å². The van der Waals surface area contributed by atoms with Crippen molar-refractivity contribution in [1.29, 1.82) is 0 Å². The highest BCUT2D eigenvalue weighted by Crippen LogP contribution is 2.35. The lowest BCUT2D eigenvalue weighted by Gasteiger charge is -2.41. The molecule has 2 saturated carbocycles. The fraction of sp³-hybridized carbons (Fsp3) is 0.674. The minimum atomic E-state index is -3.63. The molecule has 4 N–H and O–H groups in total. The van der Waals surface area contributed by atoms with E-state index in [4.69, 9.17) is 4.74 Å². The van der Waals surface area contributed by atoms with Gasteiger partial charge in [0.25, 0.3) is 5.91 Å². The summed E-state index contributed by atoms with van der Waals surface area (Å²) in [5.74, 6) is -3.08. The Hall–Kier alpha value is -4.47. The van der Waals surface area contributed by atoms with Crippen LogP contribution in [0.4, 0.5) is 9.59 Å². The van der Waals surface area contributed by atoms with Gasteiger partial charge in [-0.2, -0.15) is 0 Å². The summed E-state index contributed by atoms with van der Waals surface area (Å²) in [7, 11) is -3.63. The number of fused-ring (bicyclic) bond motifs is 1. The van der Waals surface area contributed by atoms with Gasteiger partial charge in [0.2, 0.25) is 17.6 Å². The summed E-state index contributed by atoms with van der Waals surface area (Å²) in [6, 6.07) is 3.55. The largest absolute Gasteiger partial charge is 0.444 e. The van der Waals surface area contributed by atoms with Gasteiger partial charge in [-0.25, -0.2) is 18.0 Å². The molecule has 1 aromatic rings. The van der Waals surface area contributed by atoms with Crippen LogP contribution in [0, 0.1) is 11.3 Å². The smallest absolute Gasteiger partial charge is 0.410 e. The molecule has 0 aromatic heterocycles. The molecule has 16 heteroatoms. The van der Waals surface area contributed by atoms with E-state index in [2.05, 4.69) is 27.8 Å². The van der Waals surface area contributed by atoms with Crippen molar-refractivity contribution in [2.45, 2.75) is 147 Å². The summed E-state index contributed by atoms with van der Waals surface area (Å²) in [5.41, 5.74) is 0.208. The Morgan fingerprint density at radius 3 is 2.24 bits per heavy atom. The number of amides is 6. The van der Waals surface area contributed by atoms with E-state index < -0.39 is 85.4 Å². The standard InChI is InChI=1S/C43H64N6O9S/c1-8-21-44-37(52)34(50)32(23-28-16-17-28)45-36(51)33-24-31(58-40(55)48-22-18-29-14-10-11-15-30(29)25-48)26-49(33)38(53)35(41(2,3)4)46-39(54)47-43(19-12-9-13-20-43)27-59(56,57)42(5,6)7/h8,10-11,14-15,28,31-33,35H,1,9,12-13,16-27H2,2-7H3,(H,44,52)(H,45,51)(H2,46,47,54)/t31-,32?,33+,35?/m1/s1. The van der Waals surface area contributed by atoms with E-state index in [1.807, 2.05) is 24.3 Å². The predicted molar refractivity (Wildman–Crippen MR) is 223 cm³/mol. The van der Waals surface area contributed by atoms with Crippen molar-refractivity contribution in [2.75, 3.05) is 25.4 Å². The van der Waals surface area contributed by atoms with Crippen LogP contribution in [0.2, 0.25) is 0 Å². The number of Topliss-reactive ketones (excluding diaryl/α,β-unsaturated/α-hetero) is 1. The maximum atomic E-state index is 14.8. The number of nitrogens with one attached hydrogen (secondary N) is 4. The second-order valence-electron chi connectivity index (χ2n) is 18.9. The van der Waals surface area contributed by atoms with Gasteiger partial charge in [0.15, 0.2) is 9.84 Å². The molecule has 2 heterocycles. The second kappa shape index (κ2) is 18.4. The topological polar surface area (TPSA) is 200 Å². The molecule has 0 spiro atoms. The molecule has 6 amide bonds. The number of sulfone groups is 1. The van der Waals surface area contributed by atoms with Crippen molar-refractivity contribution >= 4 is 45.5 Å². The summed E-state index contributed by atoms with van der Waals surface area (Å²) in [6.45, 7) is 14.4. The first kappa shape index (κ1) is 45.6. The predicted octanol–water partition coefficient (Wildman–Crippen LogP) is 3.94. The Labute approximate surface area is 349 Å². The SMILES string of the molecule is C=CCNC(=O)C(=O)C(CC1CC1)NC(=O)[C@@H]1C[C@@H](OC(=O)N2CCc3ccccc3C2)CN1C(=O)C(NC(=O)NC1(CS(=O)(=O)C(C)(C)C)CCCCC1)C(C)(C)C. The van der Waals surface area contributed by atoms with Crippen LogP contribution in [0.5, 0.6) is 0 Å². The molecule has 1 saturated heterocycles. The molecule has 1 aromatic carbocycles. The van der Waals surface area contributed by atoms with Crippen molar-refractivity contribution in [2.24, 2.45) is 11.3 Å². The normalized spacial score (nSPS) is 21.6. The Balaban J connectivity index is 1.39. The number of hydrogen-bond donors (Lipinski definition) is 4. The van der Waals surface area contributed by atoms with Gasteiger partial charge in [0, 0.05) is 26.1 Å². The van der Waals surface area contributed by atoms with E-state index in [1.165, 1.54) is 11.0 Å². The molecular formula is C43H64N6O9S. The maximum absolute atomic E-state index is 14.8. The fourth-order valence-corrected chi connectivity index (χ4v) is 9.70. The Bertz CT molecular complexity index is 1880. The van der Waals surface area contributed by atoms with E-state index in [0.29, 0.717) is 32.4 Å². The van der Waals surface area contributed by atoms with Crippen LogP contribution < -0.4 is 21.3 Å². The average molecular weight is 841 g/mol. The molecular weight excluding hydrogens is 777 g/mol. The van der Waals surface area contributed by atoms with Gasteiger partial charge >= 0.3 is 12.1 Å². The van der Waals surface area contributed by atoms with Gasteiger partial charge in [-0.3, -0.25) is 19.2 Å². The number of benzene rings is 1. The summed E-state index contributed by atoms with van der Waals surface area (Å²) < 4.78 is 31.8. The zero-order valence-corrected chi connectivity index (χ0v) is 36.4. The number of nitrogens with zero attached hydrogens (tertiary/aromatic N) is 2. The van der Waals surface area contributed by atoms with Crippen LogP contribution in [-0.2, 0) is 46.7 Å². The van der Waals surface area contributed by atoms with Crippen molar-refractivity contribution in [1.82, 2.24) is 31.1 Å². The summed E-state index contributed by atoms with van der Waals surface area (Å²) in [4.78, 5) is 85.6. The molecule has 15 nitrogen and oxygen atoms in total. The zero-order valence-electron chi connectivity index (χ0n) is 35.6. The molecule has 2 aliphatic carbocycles. The Morgan fingerprint density at radius 2 is 1.63 bits per heavy atom. The lowest BCUT2D eigenvalue weighted by Crippen LogP contribution is -2.63. The highest BCUT2D eigenvalue weighted by molar-refractivity contribution is 7.92. The first-order valence-electron chi connectivity index (χ1n) is 21.0. The van der Waals surface area contributed by atoms with Crippen LogP contribution in [0.15, 0.2) is 36.9 Å². The van der Waals surface area contributed by atoms with Gasteiger partial charge in [0.1, 0.15) is 18.2 Å². The summed E-state index contributed by atoms with van der Waals surface area (Å²) in [5, 5.41) is 11.0. The molecule has 326 valence electrons. The first-order valence-corrected chi connectivity index (χ1v) is 22.7. The summed E-state index contributed by atoms with van der Waals surface area (Å²) >= 11 is 0. The van der Waals surface area contributed by atoms with Crippen LogP contribution in [0.3, 0.4) is 0 Å². The third kappa shape index (κ3) is 11.6. The molecule has 4 atom stereocenters. The number of likely N-dealkylation sites (tertiary alicyclic amines) is 1. The third-order valence-corrected chi connectivity index (χ3v) is 14.8. The minimum absolute atomic E-state index is 0.0670. The van der Waals surface area contributed by atoms with Crippen molar-refractivity contribution in [3.8, 4) is 0 Å². The number of hydrogen-bond acceptors (Lipinski definition) is 9. The summed E-state index contributed by atoms with van der Waals surface area (Å²) in [6.07, 6.45) is 5.75. The lowest BCUT2D eigenvalue weighted by molar-refractivity contribution is -0.144. The van der Waals surface area contributed by atoms with Gasteiger partial charge in [-0.05, 0) is 68.9 Å². The quantitative estimate of drug-likeness (QED) is 0.158. The second-order valence-corrected chi connectivity index (χ2v) is 21.6. The minimum Gasteiger partial charge on any atom is -0.444 e. The molecule has 5 rings (SSSR count). The number of carbonyl (C=O) groups excluding carboxylic acids is 6. The molecule has 0 radical (unpaired) electrons. The van der Waals surface area contributed by atoms with Crippen molar-refractivity contribution in [3.05, 3.63) is 48.0 Å². The maximum Gasteiger partial charge on any atom is 0.410 e. The number of rotatable bonds is 14. The van der Waals surface area contributed by atoms with Gasteiger partial charge in [-0.1, -0.05) is 83.2 Å². The Kier molecular flexibility index (Phi) is 14.2. The van der Waals surface area contributed by atoms with E-state index in [1.54, 1.807) is 46.4 Å². The van der Waals surface area contributed by atoms with Crippen LogP contribution in [0.1, 0.15) is 110 Å². The number of ketones is 1. The molecule has 0 bridgehead atoms. The first-order chi connectivity index (χ1) is 27.6. The van der Waals surface area contributed by atoms with Crippen molar-refractivity contribution < 1.29 is 41.9 Å². The van der Waals surface area contributed by atoms with E-state index in [9.17, 15) is 37.2 Å². The fourth-order valence-electron chi connectivity index (χ4n) is 8.18. The lowest BCUT2D eigenvalue weighted by atomic mass is 9.83.